The molecule has 2 aromatic heterocycles. The van der Waals surface area contributed by atoms with E-state index in [0.29, 0.717) is 25.2 Å². The Morgan fingerprint density at radius 3 is 2.59 bits per heavy atom. The monoisotopic (exact) mass is 385 g/mol. The molecule has 146 valence electrons. The number of hydrogen-bond acceptors (Lipinski definition) is 4. The Hall–Kier alpha value is -3.51. The van der Waals surface area contributed by atoms with Crippen molar-refractivity contribution in [2.45, 2.75) is 26.6 Å². The summed E-state index contributed by atoms with van der Waals surface area (Å²) in [5.74, 6) is -0.141. The molecule has 2 aromatic carbocycles. The first-order chi connectivity index (χ1) is 14.1. The standard InChI is InChI=1S/C23H23N5O/c1-16-2-8-20-10-19(7-9-22(20)27-16)14-28-15-21(13-26-28)23(29)25-12-18-5-3-17(11-24)4-6-18/h2-10,13,15H,11-12,14,24H2,1H3,(H,25,29). The molecule has 0 aliphatic heterocycles. The van der Waals surface area contributed by atoms with E-state index in [-0.39, 0.29) is 5.91 Å². The summed E-state index contributed by atoms with van der Waals surface area (Å²) < 4.78 is 1.77. The van der Waals surface area contributed by atoms with Gasteiger partial charge in [0.1, 0.15) is 0 Å². The van der Waals surface area contributed by atoms with Crippen LogP contribution in [0.25, 0.3) is 10.9 Å². The van der Waals surface area contributed by atoms with Gasteiger partial charge in [-0.2, -0.15) is 5.10 Å². The third-order valence-corrected chi connectivity index (χ3v) is 4.84. The highest BCUT2D eigenvalue weighted by atomic mass is 16.1. The van der Waals surface area contributed by atoms with Crippen molar-refractivity contribution in [3.8, 4) is 0 Å². The fourth-order valence-corrected chi connectivity index (χ4v) is 3.21. The second kappa shape index (κ2) is 8.24. The molecule has 0 saturated carbocycles. The summed E-state index contributed by atoms with van der Waals surface area (Å²) in [4.78, 5) is 16.9. The third kappa shape index (κ3) is 4.50. The van der Waals surface area contributed by atoms with E-state index >= 15 is 0 Å². The average molecular weight is 385 g/mol. The molecule has 0 radical (unpaired) electrons. The van der Waals surface area contributed by atoms with Gasteiger partial charge in [0, 0.05) is 30.4 Å². The molecule has 0 aliphatic carbocycles. The maximum Gasteiger partial charge on any atom is 0.254 e. The van der Waals surface area contributed by atoms with Crippen LogP contribution >= 0.6 is 0 Å². The lowest BCUT2D eigenvalue weighted by atomic mass is 10.1. The molecule has 29 heavy (non-hydrogen) atoms. The van der Waals surface area contributed by atoms with Crippen LogP contribution in [-0.2, 0) is 19.6 Å². The van der Waals surface area contributed by atoms with Crippen molar-refractivity contribution in [1.82, 2.24) is 20.1 Å². The maximum absolute atomic E-state index is 12.4. The Morgan fingerprint density at radius 2 is 1.79 bits per heavy atom. The van der Waals surface area contributed by atoms with Gasteiger partial charge in [-0.25, -0.2) is 0 Å². The molecule has 0 spiro atoms. The van der Waals surface area contributed by atoms with Crippen LogP contribution in [0.2, 0.25) is 0 Å². The van der Waals surface area contributed by atoms with Crippen LogP contribution in [0.1, 0.15) is 32.7 Å². The summed E-state index contributed by atoms with van der Waals surface area (Å²) in [6.45, 7) is 3.56. The topological polar surface area (TPSA) is 85.8 Å². The smallest absolute Gasteiger partial charge is 0.254 e. The highest BCUT2D eigenvalue weighted by Gasteiger charge is 2.09. The minimum absolute atomic E-state index is 0.141. The van der Waals surface area contributed by atoms with Crippen molar-refractivity contribution in [1.29, 1.82) is 0 Å². The second-order valence-electron chi connectivity index (χ2n) is 7.11. The number of aromatic nitrogens is 3. The molecule has 0 atom stereocenters. The van der Waals surface area contributed by atoms with E-state index < -0.39 is 0 Å². The molecule has 0 aliphatic rings. The molecular formula is C23H23N5O. The van der Waals surface area contributed by atoms with E-state index in [1.54, 1.807) is 17.1 Å². The van der Waals surface area contributed by atoms with Crippen molar-refractivity contribution in [2.24, 2.45) is 5.73 Å². The minimum Gasteiger partial charge on any atom is -0.348 e. The molecule has 6 nitrogen and oxygen atoms in total. The number of aryl methyl sites for hydroxylation is 1. The Morgan fingerprint density at radius 1 is 1.03 bits per heavy atom. The molecule has 4 rings (SSSR count). The van der Waals surface area contributed by atoms with Crippen LogP contribution in [0, 0.1) is 6.92 Å². The first-order valence-corrected chi connectivity index (χ1v) is 9.55. The van der Waals surface area contributed by atoms with Crippen LogP contribution in [0.4, 0.5) is 0 Å². The Balaban J connectivity index is 1.39. The number of carbonyl (C=O) groups is 1. The number of nitrogens with two attached hydrogens (primary N) is 1. The van der Waals surface area contributed by atoms with E-state index in [9.17, 15) is 4.79 Å². The number of rotatable bonds is 6. The molecule has 0 unspecified atom stereocenters. The van der Waals surface area contributed by atoms with Gasteiger partial charge in [0.2, 0.25) is 0 Å². The van der Waals surface area contributed by atoms with Crippen molar-refractivity contribution in [3.05, 3.63) is 94.9 Å². The van der Waals surface area contributed by atoms with Gasteiger partial charge in [0.15, 0.2) is 0 Å². The van der Waals surface area contributed by atoms with Gasteiger partial charge in [-0.15, -0.1) is 0 Å². The summed E-state index contributed by atoms with van der Waals surface area (Å²) in [5.41, 5.74) is 11.3. The number of amides is 1. The number of fused-ring (bicyclic) bond motifs is 1. The first kappa shape index (κ1) is 18.8. The van der Waals surface area contributed by atoms with E-state index in [0.717, 1.165) is 33.3 Å². The summed E-state index contributed by atoms with van der Waals surface area (Å²) in [6.07, 6.45) is 3.36. The Bertz CT molecular complexity index is 1150. The molecule has 1 amide bonds. The average Bonchev–Trinajstić information content (AvgIpc) is 3.21. The normalized spacial score (nSPS) is 11.0. The quantitative estimate of drug-likeness (QED) is 0.534. The predicted octanol–water partition coefficient (Wildman–Crippen LogP) is 3.18. The van der Waals surface area contributed by atoms with E-state index in [1.807, 2.05) is 49.4 Å². The van der Waals surface area contributed by atoms with Crippen LogP contribution < -0.4 is 11.1 Å². The zero-order valence-corrected chi connectivity index (χ0v) is 16.3. The van der Waals surface area contributed by atoms with Gasteiger partial charge in [-0.05, 0) is 41.8 Å². The SMILES string of the molecule is Cc1ccc2cc(Cn3cc(C(=O)NCc4ccc(CN)cc4)cn3)ccc2n1. The fraction of sp³-hybridized carbons (Fsp3) is 0.174. The van der Waals surface area contributed by atoms with Gasteiger partial charge in [-0.1, -0.05) is 36.4 Å². The van der Waals surface area contributed by atoms with E-state index in [4.69, 9.17) is 5.73 Å². The predicted molar refractivity (Wildman–Crippen MR) is 113 cm³/mol. The van der Waals surface area contributed by atoms with Crippen LogP contribution in [0.3, 0.4) is 0 Å². The highest BCUT2D eigenvalue weighted by Crippen LogP contribution is 2.16. The van der Waals surface area contributed by atoms with Gasteiger partial charge in [0.05, 0.1) is 23.8 Å². The Kier molecular flexibility index (Phi) is 5.35. The molecule has 0 saturated heterocycles. The second-order valence-corrected chi connectivity index (χ2v) is 7.11. The molecule has 4 aromatic rings. The summed E-state index contributed by atoms with van der Waals surface area (Å²) in [6, 6.07) is 18.1. The summed E-state index contributed by atoms with van der Waals surface area (Å²) in [5, 5.41) is 8.35. The molecule has 2 heterocycles. The van der Waals surface area contributed by atoms with Crippen molar-refractivity contribution < 1.29 is 4.79 Å². The van der Waals surface area contributed by atoms with Crippen molar-refractivity contribution in [3.63, 3.8) is 0 Å². The van der Waals surface area contributed by atoms with Gasteiger partial charge >= 0.3 is 0 Å². The molecule has 0 fully saturated rings. The number of benzene rings is 2. The summed E-state index contributed by atoms with van der Waals surface area (Å²) >= 11 is 0. The van der Waals surface area contributed by atoms with Crippen LogP contribution in [0.15, 0.2) is 67.0 Å². The number of carbonyl (C=O) groups excluding carboxylic acids is 1. The number of hydrogen-bond donors (Lipinski definition) is 2. The largest absolute Gasteiger partial charge is 0.348 e. The number of pyridine rings is 1. The lowest BCUT2D eigenvalue weighted by molar-refractivity contribution is 0.0951. The van der Waals surface area contributed by atoms with Gasteiger partial charge in [0.25, 0.3) is 5.91 Å². The van der Waals surface area contributed by atoms with Crippen molar-refractivity contribution in [2.75, 3.05) is 0 Å². The zero-order valence-electron chi connectivity index (χ0n) is 16.3. The number of nitrogens with one attached hydrogen (secondary N) is 1. The summed E-state index contributed by atoms with van der Waals surface area (Å²) in [7, 11) is 0. The maximum atomic E-state index is 12.4. The van der Waals surface area contributed by atoms with E-state index in [2.05, 4.69) is 27.5 Å². The molecule has 3 N–H and O–H groups in total. The first-order valence-electron chi connectivity index (χ1n) is 9.55. The van der Waals surface area contributed by atoms with Gasteiger partial charge in [-0.3, -0.25) is 14.5 Å². The lowest BCUT2D eigenvalue weighted by Gasteiger charge is -2.05. The minimum atomic E-state index is -0.141. The zero-order chi connectivity index (χ0) is 20.2. The highest BCUT2D eigenvalue weighted by molar-refractivity contribution is 5.93. The number of nitrogens with zero attached hydrogens (tertiary/aromatic N) is 3. The Labute approximate surface area is 169 Å². The molecule has 0 bridgehead atoms. The molecule has 6 heteroatoms. The fourth-order valence-electron chi connectivity index (χ4n) is 3.21. The van der Waals surface area contributed by atoms with Crippen molar-refractivity contribution >= 4 is 16.8 Å². The van der Waals surface area contributed by atoms with E-state index in [1.165, 1.54) is 0 Å². The lowest BCUT2D eigenvalue weighted by Crippen LogP contribution is -2.22. The third-order valence-electron chi connectivity index (χ3n) is 4.84. The van der Waals surface area contributed by atoms with Gasteiger partial charge < -0.3 is 11.1 Å². The van der Waals surface area contributed by atoms with Crippen LogP contribution in [-0.4, -0.2) is 20.7 Å². The van der Waals surface area contributed by atoms with Crippen LogP contribution in [0.5, 0.6) is 0 Å². The molecular weight excluding hydrogens is 362 g/mol.